The topological polar surface area (TPSA) is 92.3 Å². The van der Waals surface area contributed by atoms with Crippen molar-refractivity contribution in [3.8, 4) is 11.1 Å². The summed E-state index contributed by atoms with van der Waals surface area (Å²) in [5, 5.41) is 2.80. The van der Waals surface area contributed by atoms with E-state index < -0.39 is 34.3 Å². The highest BCUT2D eigenvalue weighted by Crippen LogP contribution is 2.23. The molecule has 0 radical (unpaired) electrons. The Balaban J connectivity index is 1.85. The summed E-state index contributed by atoms with van der Waals surface area (Å²) in [4.78, 5) is 25.9. The summed E-state index contributed by atoms with van der Waals surface area (Å²) in [6, 6.07) is 25.1. The number of benzene rings is 3. The molecular formula is C24H24N2O4S. The van der Waals surface area contributed by atoms with Crippen LogP contribution in [0.5, 0.6) is 0 Å². The predicted molar refractivity (Wildman–Crippen MR) is 121 cm³/mol. The first kappa shape index (κ1) is 22.4. The van der Waals surface area contributed by atoms with Crippen molar-refractivity contribution in [2.24, 2.45) is 0 Å². The van der Waals surface area contributed by atoms with Gasteiger partial charge in [-0.2, -0.15) is 0 Å². The molecule has 0 unspecified atom stereocenters. The standard InChI is InChI=1S/C24H24N2O4S/c1-31(29,30)25-17-23(27)22(16-18-10-4-2-5-11-18)26-24(28)21-15-9-8-14-20(21)19-12-6-3-7-13-19/h2-15,22,25H,16-17H2,1H3,(H,26,28)/t22-/m0/s1. The summed E-state index contributed by atoms with van der Waals surface area (Å²) in [5.41, 5.74) is 2.94. The molecular weight excluding hydrogens is 412 g/mol. The van der Waals surface area contributed by atoms with E-state index >= 15 is 0 Å². The molecule has 3 aromatic carbocycles. The second-order valence-corrected chi connectivity index (χ2v) is 9.02. The van der Waals surface area contributed by atoms with Gasteiger partial charge in [0.25, 0.3) is 5.91 Å². The second-order valence-electron chi connectivity index (χ2n) is 7.19. The first-order valence-corrected chi connectivity index (χ1v) is 11.7. The van der Waals surface area contributed by atoms with Crippen LogP contribution in [0.15, 0.2) is 84.9 Å². The minimum absolute atomic E-state index is 0.254. The van der Waals surface area contributed by atoms with Crippen molar-refractivity contribution in [3.63, 3.8) is 0 Å². The summed E-state index contributed by atoms with van der Waals surface area (Å²) in [6.07, 6.45) is 1.24. The smallest absolute Gasteiger partial charge is 0.252 e. The zero-order chi connectivity index (χ0) is 22.3. The zero-order valence-corrected chi connectivity index (χ0v) is 17.9. The van der Waals surface area contributed by atoms with Crippen LogP contribution in [0.1, 0.15) is 15.9 Å². The lowest BCUT2D eigenvalue weighted by molar-refractivity contribution is -0.119. The normalized spacial score (nSPS) is 12.2. The van der Waals surface area contributed by atoms with Crippen LogP contribution < -0.4 is 10.0 Å². The third-order valence-corrected chi connectivity index (χ3v) is 5.41. The summed E-state index contributed by atoms with van der Waals surface area (Å²) < 4.78 is 25.0. The molecule has 0 spiro atoms. The highest BCUT2D eigenvalue weighted by molar-refractivity contribution is 7.88. The molecule has 0 aliphatic carbocycles. The van der Waals surface area contributed by atoms with Crippen molar-refractivity contribution in [2.75, 3.05) is 12.8 Å². The minimum Gasteiger partial charge on any atom is -0.342 e. The molecule has 0 fully saturated rings. The largest absolute Gasteiger partial charge is 0.342 e. The number of carbonyl (C=O) groups is 2. The van der Waals surface area contributed by atoms with Gasteiger partial charge in [0.15, 0.2) is 5.78 Å². The van der Waals surface area contributed by atoms with E-state index in [0.717, 1.165) is 22.9 Å². The van der Waals surface area contributed by atoms with Crippen molar-refractivity contribution in [1.29, 1.82) is 0 Å². The van der Waals surface area contributed by atoms with Crippen molar-refractivity contribution in [3.05, 3.63) is 96.1 Å². The fourth-order valence-electron chi connectivity index (χ4n) is 3.21. The first-order chi connectivity index (χ1) is 14.8. The lowest BCUT2D eigenvalue weighted by Gasteiger charge is -2.19. The van der Waals surface area contributed by atoms with Gasteiger partial charge < -0.3 is 5.32 Å². The van der Waals surface area contributed by atoms with Crippen molar-refractivity contribution < 1.29 is 18.0 Å². The van der Waals surface area contributed by atoms with E-state index in [0.29, 0.717) is 5.56 Å². The Morgan fingerprint density at radius 3 is 2.06 bits per heavy atom. The molecule has 0 saturated carbocycles. The quantitative estimate of drug-likeness (QED) is 0.540. The third-order valence-electron chi connectivity index (χ3n) is 4.74. The van der Waals surface area contributed by atoms with Gasteiger partial charge in [-0.05, 0) is 29.2 Å². The molecule has 0 saturated heterocycles. The molecule has 6 nitrogen and oxygen atoms in total. The SMILES string of the molecule is CS(=O)(=O)NCC(=O)[C@H](Cc1ccccc1)NC(=O)c1ccccc1-c1ccccc1. The van der Waals surface area contributed by atoms with Crippen molar-refractivity contribution in [2.45, 2.75) is 12.5 Å². The third kappa shape index (κ3) is 6.60. The van der Waals surface area contributed by atoms with Crippen LogP contribution in [0.25, 0.3) is 11.1 Å². The maximum absolute atomic E-state index is 13.1. The molecule has 3 aromatic rings. The van der Waals surface area contributed by atoms with Gasteiger partial charge in [-0.25, -0.2) is 13.1 Å². The van der Waals surface area contributed by atoms with Crippen LogP contribution in [0.2, 0.25) is 0 Å². The number of Topliss-reactive ketones (excluding diaryl/α,β-unsaturated/α-hetero) is 1. The predicted octanol–water partition coefficient (Wildman–Crippen LogP) is 2.81. The van der Waals surface area contributed by atoms with Crippen molar-refractivity contribution >= 4 is 21.7 Å². The molecule has 2 N–H and O–H groups in total. The van der Waals surface area contributed by atoms with Gasteiger partial charge in [0.1, 0.15) is 0 Å². The summed E-state index contributed by atoms with van der Waals surface area (Å²) in [6.45, 7) is -0.392. The summed E-state index contributed by atoms with van der Waals surface area (Å²) in [5.74, 6) is -0.812. The first-order valence-electron chi connectivity index (χ1n) is 9.80. The molecule has 0 aliphatic rings. The van der Waals surface area contributed by atoms with E-state index in [9.17, 15) is 18.0 Å². The van der Waals surface area contributed by atoms with E-state index in [1.165, 1.54) is 0 Å². The number of rotatable bonds is 9. The molecule has 1 amide bonds. The highest BCUT2D eigenvalue weighted by Gasteiger charge is 2.24. The van der Waals surface area contributed by atoms with E-state index in [2.05, 4.69) is 10.0 Å². The second kappa shape index (κ2) is 10.1. The Morgan fingerprint density at radius 2 is 1.42 bits per heavy atom. The van der Waals surface area contributed by atoms with Crippen molar-refractivity contribution in [1.82, 2.24) is 10.0 Å². The van der Waals surface area contributed by atoms with Gasteiger partial charge in [0.2, 0.25) is 10.0 Å². The van der Waals surface area contributed by atoms with E-state index in [1.54, 1.807) is 12.1 Å². The lowest BCUT2D eigenvalue weighted by Crippen LogP contribution is -2.46. The van der Waals surface area contributed by atoms with Gasteiger partial charge in [-0.1, -0.05) is 78.9 Å². The van der Waals surface area contributed by atoms with Crippen LogP contribution in [-0.2, 0) is 21.2 Å². The van der Waals surface area contributed by atoms with Gasteiger partial charge in [0, 0.05) is 5.56 Å². The monoisotopic (exact) mass is 436 g/mol. The molecule has 160 valence electrons. The number of sulfonamides is 1. The van der Waals surface area contributed by atoms with Gasteiger partial charge in [0.05, 0.1) is 18.8 Å². The average molecular weight is 437 g/mol. The fraction of sp³-hybridized carbons (Fsp3) is 0.167. The molecule has 31 heavy (non-hydrogen) atoms. The summed E-state index contributed by atoms with van der Waals surface area (Å²) in [7, 11) is -3.53. The Morgan fingerprint density at radius 1 is 0.839 bits per heavy atom. The lowest BCUT2D eigenvalue weighted by atomic mass is 9.97. The number of hydrogen-bond donors (Lipinski definition) is 2. The number of ketones is 1. The average Bonchev–Trinajstić information content (AvgIpc) is 2.78. The number of carbonyl (C=O) groups excluding carboxylic acids is 2. The van der Waals surface area contributed by atoms with Crippen LogP contribution >= 0.6 is 0 Å². The van der Waals surface area contributed by atoms with Crippen LogP contribution in [-0.4, -0.2) is 39.0 Å². The van der Waals surface area contributed by atoms with Crippen LogP contribution in [0.4, 0.5) is 0 Å². The van der Waals surface area contributed by atoms with E-state index in [1.807, 2.05) is 72.8 Å². The van der Waals surface area contributed by atoms with Gasteiger partial charge in [-0.3, -0.25) is 9.59 Å². The van der Waals surface area contributed by atoms with Gasteiger partial charge >= 0.3 is 0 Å². The van der Waals surface area contributed by atoms with E-state index in [4.69, 9.17) is 0 Å². The molecule has 7 heteroatoms. The van der Waals surface area contributed by atoms with Crippen LogP contribution in [0.3, 0.4) is 0 Å². The molecule has 0 aromatic heterocycles. The maximum Gasteiger partial charge on any atom is 0.252 e. The van der Waals surface area contributed by atoms with Gasteiger partial charge in [-0.15, -0.1) is 0 Å². The Hall–Kier alpha value is -3.29. The fourth-order valence-corrected chi connectivity index (χ4v) is 3.61. The molecule has 0 aliphatic heterocycles. The molecule has 0 bridgehead atoms. The molecule has 1 atom stereocenters. The molecule has 0 heterocycles. The number of amides is 1. The Labute approximate surface area is 182 Å². The maximum atomic E-state index is 13.1. The molecule has 3 rings (SSSR count). The minimum atomic E-state index is -3.53. The number of hydrogen-bond acceptors (Lipinski definition) is 4. The Bertz CT molecular complexity index is 1150. The number of nitrogens with one attached hydrogen (secondary N) is 2. The van der Waals surface area contributed by atoms with Crippen LogP contribution in [0, 0.1) is 0 Å². The Kier molecular flexibility index (Phi) is 7.33. The summed E-state index contributed by atoms with van der Waals surface area (Å²) >= 11 is 0. The zero-order valence-electron chi connectivity index (χ0n) is 17.1. The highest BCUT2D eigenvalue weighted by atomic mass is 32.2. The van der Waals surface area contributed by atoms with E-state index in [-0.39, 0.29) is 6.42 Å².